The molecule has 0 saturated carbocycles. The van der Waals surface area contributed by atoms with Crippen LogP contribution in [-0.2, 0) is 7.05 Å². The fraction of sp³-hybridized carbons (Fsp3) is 0.667. The Morgan fingerprint density at radius 2 is 2.29 bits per heavy atom. The van der Waals surface area contributed by atoms with Gasteiger partial charge in [-0.15, -0.1) is 0 Å². The number of carbonyl (C=O) groups is 1. The van der Waals surface area contributed by atoms with E-state index in [0.717, 1.165) is 25.2 Å². The van der Waals surface area contributed by atoms with Crippen LogP contribution in [0.1, 0.15) is 29.4 Å². The molecule has 94 valence electrons. The molecule has 1 saturated heterocycles. The average molecular weight is 236 g/mol. The molecule has 2 unspecified atom stereocenters. The van der Waals surface area contributed by atoms with Crippen molar-refractivity contribution >= 4 is 5.91 Å². The second-order valence-electron chi connectivity index (χ2n) is 4.95. The van der Waals surface area contributed by atoms with Gasteiger partial charge in [-0.2, -0.15) is 5.10 Å². The van der Waals surface area contributed by atoms with E-state index in [9.17, 15) is 4.79 Å². The van der Waals surface area contributed by atoms with E-state index in [0.29, 0.717) is 11.5 Å². The fourth-order valence-corrected chi connectivity index (χ4v) is 2.23. The Morgan fingerprint density at radius 3 is 2.82 bits per heavy atom. The van der Waals surface area contributed by atoms with Crippen molar-refractivity contribution in [3.63, 3.8) is 0 Å². The van der Waals surface area contributed by atoms with Crippen LogP contribution in [0, 0.1) is 12.8 Å². The number of nitrogens with two attached hydrogens (primary N) is 1. The topological polar surface area (TPSA) is 64.2 Å². The molecule has 0 aliphatic carbocycles. The molecule has 1 amide bonds. The average Bonchev–Trinajstić information content (AvgIpc) is 2.63. The van der Waals surface area contributed by atoms with Crippen LogP contribution in [0.15, 0.2) is 6.20 Å². The Bertz CT molecular complexity index is 426. The van der Waals surface area contributed by atoms with E-state index in [1.54, 1.807) is 10.9 Å². The van der Waals surface area contributed by atoms with E-state index in [1.165, 1.54) is 0 Å². The molecule has 1 aliphatic heterocycles. The van der Waals surface area contributed by atoms with Gasteiger partial charge in [-0.3, -0.25) is 9.48 Å². The summed E-state index contributed by atoms with van der Waals surface area (Å²) in [7, 11) is 1.85. The van der Waals surface area contributed by atoms with Gasteiger partial charge in [0.1, 0.15) is 0 Å². The van der Waals surface area contributed by atoms with Crippen LogP contribution in [0.5, 0.6) is 0 Å². The number of aromatic nitrogens is 2. The molecule has 1 fully saturated rings. The van der Waals surface area contributed by atoms with E-state index in [-0.39, 0.29) is 11.9 Å². The van der Waals surface area contributed by atoms with Crippen LogP contribution in [0.2, 0.25) is 0 Å². The summed E-state index contributed by atoms with van der Waals surface area (Å²) in [5.74, 6) is 0.444. The zero-order valence-corrected chi connectivity index (χ0v) is 10.7. The Kier molecular flexibility index (Phi) is 3.19. The number of piperidine rings is 1. The maximum Gasteiger partial charge on any atom is 0.257 e. The third-order valence-electron chi connectivity index (χ3n) is 3.72. The molecule has 5 nitrogen and oxygen atoms in total. The lowest BCUT2D eigenvalue weighted by Gasteiger charge is -2.35. The highest BCUT2D eigenvalue weighted by atomic mass is 16.2. The minimum atomic E-state index is 0.0781. The number of amides is 1. The molecule has 1 aliphatic rings. The van der Waals surface area contributed by atoms with E-state index in [1.807, 2.05) is 18.9 Å². The first kappa shape index (κ1) is 12.1. The molecule has 0 spiro atoms. The molecule has 0 aromatic carbocycles. The normalized spacial score (nSPS) is 25.1. The molecule has 2 rings (SSSR count). The number of likely N-dealkylation sites (tertiary alicyclic amines) is 1. The van der Waals surface area contributed by atoms with Crippen molar-refractivity contribution in [1.29, 1.82) is 0 Å². The summed E-state index contributed by atoms with van der Waals surface area (Å²) >= 11 is 0. The highest BCUT2D eigenvalue weighted by Crippen LogP contribution is 2.18. The minimum Gasteiger partial charge on any atom is -0.338 e. The number of hydrogen-bond donors (Lipinski definition) is 1. The lowest BCUT2D eigenvalue weighted by atomic mass is 9.94. The largest absolute Gasteiger partial charge is 0.338 e. The molecule has 1 aromatic rings. The van der Waals surface area contributed by atoms with Crippen LogP contribution in [0.3, 0.4) is 0 Å². The SMILES string of the molecule is Cc1c(C(=O)N2CCC(N)C(C)C2)cnn1C. The molecule has 0 bridgehead atoms. The number of rotatable bonds is 1. The van der Waals surface area contributed by atoms with Gasteiger partial charge < -0.3 is 10.6 Å². The van der Waals surface area contributed by atoms with Gasteiger partial charge in [-0.1, -0.05) is 6.92 Å². The fourth-order valence-electron chi connectivity index (χ4n) is 2.23. The minimum absolute atomic E-state index is 0.0781. The van der Waals surface area contributed by atoms with Crippen molar-refractivity contribution in [2.45, 2.75) is 26.3 Å². The molecule has 2 N–H and O–H groups in total. The first-order valence-corrected chi connectivity index (χ1v) is 6.04. The smallest absolute Gasteiger partial charge is 0.257 e. The van der Waals surface area contributed by atoms with E-state index < -0.39 is 0 Å². The second-order valence-corrected chi connectivity index (χ2v) is 4.95. The Balaban J connectivity index is 2.13. The molecule has 0 radical (unpaired) electrons. The molecule has 2 heterocycles. The van der Waals surface area contributed by atoms with E-state index >= 15 is 0 Å². The van der Waals surface area contributed by atoms with Gasteiger partial charge in [0.15, 0.2) is 0 Å². The molecule has 2 atom stereocenters. The lowest BCUT2D eigenvalue weighted by molar-refractivity contribution is 0.0663. The van der Waals surface area contributed by atoms with Gasteiger partial charge in [-0.05, 0) is 19.3 Å². The summed E-state index contributed by atoms with van der Waals surface area (Å²) in [5.41, 5.74) is 7.58. The predicted molar refractivity (Wildman–Crippen MR) is 65.6 cm³/mol. The molecule has 17 heavy (non-hydrogen) atoms. The van der Waals surface area contributed by atoms with Crippen molar-refractivity contribution in [2.75, 3.05) is 13.1 Å². The summed E-state index contributed by atoms with van der Waals surface area (Å²) in [5, 5.41) is 4.11. The van der Waals surface area contributed by atoms with Crippen LogP contribution < -0.4 is 5.73 Å². The van der Waals surface area contributed by atoms with Gasteiger partial charge in [0, 0.05) is 31.9 Å². The third-order valence-corrected chi connectivity index (χ3v) is 3.72. The zero-order valence-electron chi connectivity index (χ0n) is 10.7. The number of aryl methyl sites for hydroxylation is 1. The summed E-state index contributed by atoms with van der Waals surface area (Å²) in [6.07, 6.45) is 2.53. The Hall–Kier alpha value is -1.36. The molecule has 1 aromatic heterocycles. The number of carbonyl (C=O) groups excluding carboxylic acids is 1. The van der Waals surface area contributed by atoms with Crippen molar-refractivity contribution < 1.29 is 4.79 Å². The lowest BCUT2D eigenvalue weighted by Crippen LogP contribution is -2.48. The molecular weight excluding hydrogens is 216 g/mol. The summed E-state index contributed by atoms with van der Waals surface area (Å²) in [6.45, 7) is 5.51. The van der Waals surface area contributed by atoms with Crippen molar-refractivity contribution in [2.24, 2.45) is 18.7 Å². The predicted octanol–water partition coefficient (Wildman–Crippen LogP) is 0.538. The first-order valence-electron chi connectivity index (χ1n) is 6.04. The van der Waals surface area contributed by atoms with E-state index in [4.69, 9.17) is 5.73 Å². The Morgan fingerprint density at radius 1 is 1.59 bits per heavy atom. The molecule has 5 heteroatoms. The van der Waals surface area contributed by atoms with Crippen LogP contribution in [-0.4, -0.2) is 39.7 Å². The quantitative estimate of drug-likeness (QED) is 0.774. The van der Waals surface area contributed by atoms with Gasteiger partial charge in [0.05, 0.1) is 11.8 Å². The van der Waals surface area contributed by atoms with Crippen molar-refractivity contribution in [1.82, 2.24) is 14.7 Å². The highest BCUT2D eigenvalue weighted by molar-refractivity contribution is 5.95. The van der Waals surface area contributed by atoms with E-state index in [2.05, 4.69) is 12.0 Å². The van der Waals surface area contributed by atoms with Gasteiger partial charge in [0.2, 0.25) is 0 Å². The monoisotopic (exact) mass is 236 g/mol. The summed E-state index contributed by atoms with van der Waals surface area (Å²) in [4.78, 5) is 14.2. The van der Waals surface area contributed by atoms with Crippen LogP contribution in [0.4, 0.5) is 0 Å². The standard InChI is InChI=1S/C12H20N4O/c1-8-7-16(5-4-11(8)13)12(17)10-6-14-15(3)9(10)2/h6,8,11H,4-5,7,13H2,1-3H3. The van der Waals surface area contributed by atoms with Crippen LogP contribution >= 0.6 is 0 Å². The molecular formula is C12H20N4O. The van der Waals surface area contributed by atoms with Gasteiger partial charge in [-0.25, -0.2) is 0 Å². The van der Waals surface area contributed by atoms with Crippen molar-refractivity contribution in [3.8, 4) is 0 Å². The second kappa shape index (κ2) is 4.49. The number of nitrogens with zero attached hydrogens (tertiary/aromatic N) is 3. The van der Waals surface area contributed by atoms with Crippen LogP contribution in [0.25, 0.3) is 0 Å². The maximum absolute atomic E-state index is 12.3. The van der Waals surface area contributed by atoms with Gasteiger partial charge in [0.25, 0.3) is 5.91 Å². The zero-order chi connectivity index (χ0) is 12.6. The first-order chi connectivity index (χ1) is 8.00. The van der Waals surface area contributed by atoms with Crippen molar-refractivity contribution in [3.05, 3.63) is 17.5 Å². The number of hydrogen-bond acceptors (Lipinski definition) is 3. The Labute approximate surface area is 102 Å². The maximum atomic E-state index is 12.3. The summed E-state index contributed by atoms with van der Waals surface area (Å²) < 4.78 is 1.73. The van der Waals surface area contributed by atoms with Gasteiger partial charge >= 0.3 is 0 Å². The summed E-state index contributed by atoms with van der Waals surface area (Å²) in [6, 6.07) is 0.217. The highest BCUT2D eigenvalue weighted by Gasteiger charge is 2.28. The third kappa shape index (κ3) is 2.20.